The molecular formula is C14H16N4. The van der Waals surface area contributed by atoms with Crippen molar-refractivity contribution in [3.05, 3.63) is 35.4 Å². The minimum atomic E-state index is 0.516. The van der Waals surface area contributed by atoms with Gasteiger partial charge in [-0.15, -0.1) is 0 Å². The molecule has 0 bridgehead atoms. The number of benzene rings is 1. The van der Waals surface area contributed by atoms with Gasteiger partial charge in [0.2, 0.25) is 0 Å². The van der Waals surface area contributed by atoms with Crippen LogP contribution in [0.25, 0.3) is 0 Å². The van der Waals surface area contributed by atoms with Crippen molar-refractivity contribution >= 4 is 0 Å². The van der Waals surface area contributed by atoms with E-state index in [4.69, 9.17) is 10.5 Å². The first-order valence-electron chi connectivity index (χ1n) is 6.13. The molecule has 4 heteroatoms. The summed E-state index contributed by atoms with van der Waals surface area (Å²) in [6, 6.07) is 12.2. The zero-order chi connectivity index (χ0) is 12.8. The molecule has 1 saturated heterocycles. The lowest BCUT2D eigenvalue weighted by atomic mass is 10.1. The molecular weight excluding hydrogens is 224 g/mol. The van der Waals surface area contributed by atoms with E-state index in [2.05, 4.69) is 21.9 Å². The number of hydrogen-bond donors (Lipinski definition) is 0. The van der Waals surface area contributed by atoms with E-state index in [0.717, 1.165) is 43.9 Å². The SMILES string of the molecule is N#CCN1CCN(Cc2ccccc2C#N)CC1. The van der Waals surface area contributed by atoms with Crippen LogP contribution in [0.4, 0.5) is 0 Å². The molecule has 0 saturated carbocycles. The second kappa shape index (κ2) is 6.16. The summed E-state index contributed by atoms with van der Waals surface area (Å²) in [6.07, 6.45) is 0. The van der Waals surface area contributed by atoms with E-state index >= 15 is 0 Å². The molecule has 1 aliphatic heterocycles. The van der Waals surface area contributed by atoms with E-state index in [9.17, 15) is 0 Å². The van der Waals surface area contributed by atoms with Crippen molar-refractivity contribution in [3.8, 4) is 12.1 Å². The third-order valence-corrected chi connectivity index (χ3v) is 3.29. The molecule has 0 atom stereocenters. The van der Waals surface area contributed by atoms with Gasteiger partial charge in [-0.25, -0.2) is 0 Å². The highest BCUT2D eigenvalue weighted by molar-refractivity contribution is 5.37. The third kappa shape index (κ3) is 3.07. The van der Waals surface area contributed by atoms with Crippen molar-refractivity contribution in [2.75, 3.05) is 32.7 Å². The van der Waals surface area contributed by atoms with E-state index in [1.165, 1.54) is 0 Å². The number of rotatable bonds is 3. The van der Waals surface area contributed by atoms with Crippen molar-refractivity contribution in [2.24, 2.45) is 0 Å². The van der Waals surface area contributed by atoms with Crippen molar-refractivity contribution in [1.29, 1.82) is 10.5 Å². The molecule has 92 valence electrons. The summed E-state index contributed by atoms with van der Waals surface area (Å²) in [6.45, 7) is 5.13. The summed E-state index contributed by atoms with van der Waals surface area (Å²) in [4.78, 5) is 4.50. The van der Waals surface area contributed by atoms with Gasteiger partial charge in [0, 0.05) is 32.7 Å². The molecule has 2 rings (SSSR count). The highest BCUT2D eigenvalue weighted by Gasteiger charge is 2.17. The average Bonchev–Trinajstić information content (AvgIpc) is 2.42. The van der Waals surface area contributed by atoms with Gasteiger partial charge in [0.15, 0.2) is 0 Å². The smallest absolute Gasteiger partial charge is 0.0995 e. The van der Waals surface area contributed by atoms with Crippen LogP contribution in [0.15, 0.2) is 24.3 Å². The summed E-state index contributed by atoms with van der Waals surface area (Å²) in [5.74, 6) is 0. The van der Waals surface area contributed by atoms with Gasteiger partial charge in [-0.05, 0) is 11.6 Å². The molecule has 1 fully saturated rings. The molecule has 0 radical (unpaired) electrons. The van der Waals surface area contributed by atoms with Gasteiger partial charge in [-0.1, -0.05) is 18.2 Å². The van der Waals surface area contributed by atoms with E-state index in [-0.39, 0.29) is 0 Å². The van der Waals surface area contributed by atoms with Crippen LogP contribution in [0.2, 0.25) is 0 Å². The first-order chi connectivity index (χ1) is 8.83. The molecule has 1 aliphatic rings. The molecule has 1 aromatic carbocycles. The van der Waals surface area contributed by atoms with Crippen LogP contribution in [0.5, 0.6) is 0 Å². The molecule has 1 heterocycles. The Morgan fingerprint density at radius 1 is 1.00 bits per heavy atom. The van der Waals surface area contributed by atoms with Crippen LogP contribution in [0.1, 0.15) is 11.1 Å². The summed E-state index contributed by atoms with van der Waals surface area (Å²) in [5.41, 5.74) is 1.85. The molecule has 0 aliphatic carbocycles. The highest BCUT2D eigenvalue weighted by Crippen LogP contribution is 2.12. The summed E-state index contributed by atoms with van der Waals surface area (Å²) in [5, 5.41) is 17.7. The minimum Gasteiger partial charge on any atom is -0.296 e. The van der Waals surface area contributed by atoms with E-state index in [0.29, 0.717) is 6.54 Å². The molecule has 18 heavy (non-hydrogen) atoms. The van der Waals surface area contributed by atoms with E-state index < -0.39 is 0 Å². The molecule has 0 unspecified atom stereocenters. The normalized spacial score (nSPS) is 17.0. The van der Waals surface area contributed by atoms with Crippen LogP contribution in [-0.2, 0) is 6.54 Å². The van der Waals surface area contributed by atoms with E-state index in [1.54, 1.807) is 0 Å². The lowest BCUT2D eigenvalue weighted by Gasteiger charge is -2.33. The average molecular weight is 240 g/mol. The van der Waals surface area contributed by atoms with Crippen molar-refractivity contribution in [1.82, 2.24) is 9.80 Å². The van der Waals surface area contributed by atoms with E-state index in [1.807, 2.05) is 24.3 Å². The minimum absolute atomic E-state index is 0.516. The molecule has 0 amide bonds. The fraction of sp³-hybridized carbons (Fsp3) is 0.429. The maximum Gasteiger partial charge on any atom is 0.0995 e. The van der Waals surface area contributed by atoms with Gasteiger partial charge >= 0.3 is 0 Å². The Labute approximate surface area is 108 Å². The second-order valence-electron chi connectivity index (χ2n) is 4.48. The Kier molecular flexibility index (Phi) is 4.30. The fourth-order valence-electron chi connectivity index (χ4n) is 2.21. The number of piperazine rings is 1. The molecule has 4 nitrogen and oxygen atoms in total. The number of hydrogen-bond acceptors (Lipinski definition) is 4. The van der Waals surface area contributed by atoms with Crippen LogP contribution in [0, 0.1) is 22.7 Å². The Bertz CT molecular complexity index is 475. The van der Waals surface area contributed by atoms with Crippen molar-refractivity contribution in [3.63, 3.8) is 0 Å². The van der Waals surface area contributed by atoms with Gasteiger partial charge in [0.05, 0.1) is 24.2 Å². The lowest BCUT2D eigenvalue weighted by molar-refractivity contribution is 0.138. The predicted molar refractivity (Wildman–Crippen MR) is 68.5 cm³/mol. The van der Waals surface area contributed by atoms with Gasteiger partial charge in [0.1, 0.15) is 0 Å². The summed E-state index contributed by atoms with van der Waals surface area (Å²) < 4.78 is 0. The monoisotopic (exact) mass is 240 g/mol. The molecule has 1 aromatic rings. The molecule has 0 aromatic heterocycles. The zero-order valence-electron chi connectivity index (χ0n) is 10.3. The summed E-state index contributed by atoms with van der Waals surface area (Å²) in [7, 11) is 0. The van der Waals surface area contributed by atoms with Crippen molar-refractivity contribution < 1.29 is 0 Å². The Morgan fingerprint density at radius 2 is 1.67 bits per heavy atom. The topological polar surface area (TPSA) is 54.1 Å². The maximum atomic E-state index is 9.05. The highest BCUT2D eigenvalue weighted by atomic mass is 15.3. The van der Waals surface area contributed by atoms with Crippen LogP contribution in [0.3, 0.4) is 0 Å². The Morgan fingerprint density at radius 3 is 2.33 bits per heavy atom. The Hall–Kier alpha value is -1.88. The van der Waals surface area contributed by atoms with Crippen LogP contribution >= 0.6 is 0 Å². The predicted octanol–water partition coefficient (Wildman–Crippen LogP) is 1.20. The second-order valence-corrected chi connectivity index (χ2v) is 4.48. The molecule has 0 N–H and O–H groups in total. The quantitative estimate of drug-likeness (QED) is 0.745. The lowest BCUT2D eigenvalue weighted by Crippen LogP contribution is -2.45. The maximum absolute atomic E-state index is 9.05. The number of nitrogens with zero attached hydrogens (tertiary/aromatic N) is 4. The van der Waals surface area contributed by atoms with Gasteiger partial charge in [0.25, 0.3) is 0 Å². The van der Waals surface area contributed by atoms with Crippen LogP contribution < -0.4 is 0 Å². The summed E-state index contributed by atoms with van der Waals surface area (Å²) >= 11 is 0. The first-order valence-corrected chi connectivity index (χ1v) is 6.13. The Balaban J connectivity index is 1.92. The van der Waals surface area contributed by atoms with Crippen LogP contribution in [-0.4, -0.2) is 42.5 Å². The largest absolute Gasteiger partial charge is 0.296 e. The third-order valence-electron chi connectivity index (χ3n) is 3.29. The van der Waals surface area contributed by atoms with Crippen molar-refractivity contribution in [2.45, 2.75) is 6.54 Å². The first kappa shape index (κ1) is 12.6. The zero-order valence-corrected chi connectivity index (χ0v) is 10.3. The fourth-order valence-corrected chi connectivity index (χ4v) is 2.21. The molecule has 0 spiro atoms. The van der Waals surface area contributed by atoms with Gasteiger partial charge < -0.3 is 0 Å². The van der Waals surface area contributed by atoms with Gasteiger partial charge in [-0.2, -0.15) is 10.5 Å². The van der Waals surface area contributed by atoms with Gasteiger partial charge in [-0.3, -0.25) is 9.80 Å². The number of nitriles is 2. The standard InChI is InChI=1S/C14H16N4/c15-5-6-17-7-9-18(10-8-17)12-14-4-2-1-3-13(14)11-16/h1-4H,6-10,12H2.